The number of nitrogens with two attached hydrogens (primary N) is 1. The molecule has 1 aromatic rings. The van der Waals surface area contributed by atoms with Crippen molar-refractivity contribution in [2.45, 2.75) is 23.3 Å². The summed E-state index contributed by atoms with van der Waals surface area (Å²) in [6, 6.07) is 4.72. The number of non-ortho nitro benzene ring substituents is 1. The molecule has 1 aromatic carbocycles. The molecule has 1 saturated carbocycles. The molecule has 0 atom stereocenters. The summed E-state index contributed by atoms with van der Waals surface area (Å²) in [5.41, 5.74) is 5.21. The highest BCUT2D eigenvalue weighted by atomic mass is 32.2. The molecule has 0 heterocycles. The van der Waals surface area contributed by atoms with Crippen molar-refractivity contribution in [3.8, 4) is 0 Å². The van der Waals surface area contributed by atoms with Crippen LogP contribution in [0.5, 0.6) is 0 Å². The fourth-order valence-electron chi connectivity index (χ4n) is 1.41. The van der Waals surface area contributed by atoms with Crippen LogP contribution in [-0.4, -0.2) is 25.4 Å². The molecule has 18 heavy (non-hydrogen) atoms. The van der Waals surface area contributed by atoms with Gasteiger partial charge in [0.1, 0.15) is 0 Å². The summed E-state index contributed by atoms with van der Waals surface area (Å²) in [5.74, 6) is 0. The molecule has 0 amide bonds. The van der Waals surface area contributed by atoms with Crippen molar-refractivity contribution in [2.75, 3.05) is 6.54 Å². The Bertz CT molecular complexity index is 563. The summed E-state index contributed by atoms with van der Waals surface area (Å²) in [6.45, 7) is 0.187. The maximum absolute atomic E-state index is 11.9. The molecule has 0 radical (unpaired) electrons. The van der Waals surface area contributed by atoms with Gasteiger partial charge >= 0.3 is 0 Å². The summed E-state index contributed by atoms with van der Waals surface area (Å²) in [4.78, 5) is 9.87. The first kappa shape index (κ1) is 12.9. The van der Waals surface area contributed by atoms with E-state index in [4.69, 9.17) is 5.73 Å². The Morgan fingerprint density at radius 2 is 1.89 bits per heavy atom. The average Bonchev–Trinajstić information content (AvgIpc) is 3.06. The first-order valence-corrected chi connectivity index (χ1v) is 6.84. The van der Waals surface area contributed by atoms with Crippen molar-refractivity contribution in [3.05, 3.63) is 34.4 Å². The third-order valence-corrected chi connectivity index (χ3v) is 4.28. The summed E-state index contributed by atoms with van der Waals surface area (Å²) < 4.78 is 26.1. The molecule has 0 saturated heterocycles. The molecule has 1 aliphatic carbocycles. The smallest absolute Gasteiger partial charge is 0.269 e. The van der Waals surface area contributed by atoms with Gasteiger partial charge in [-0.3, -0.25) is 10.1 Å². The number of sulfonamides is 1. The van der Waals surface area contributed by atoms with E-state index in [1.165, 1.54) is 12.1 Å². The molecule has 8 heteroatoms. The molecule has 3 N–H and O–H groups in total. The lowest BCUT2D eigenvalue weighted by Gasteiger charge is -2.10. The van der Waals surface area contributed by atoms with Crippen molar-refractivity contribution in [1.29, 1.82) is 0 Å². The van der Waals surface area contributed by atoms with E-state index in [1.54, 1.807) is 0 Å². The van der Waals surface area contributed by atoms with Crippen molar-refractivity contribution >= 4 is 15.7 Å². The Morgan fingerprint density at radius 3 is 2.33 bits per heavy atom. The molecule has 0 spiro atoms. The molecular weight excluding hydrogens is 258 g/mol. The average molecular weight is 271 g/mol. The van der Waals surface area contributed by atoms with Crippen LogP contribution >= 0.6 is 0 Å². The Labute approximate surface area is 104 Å². The van der Waals surface area contributed by atoms with Crippen LogP contribution in [0.25, 0.3) is 0 Å². The second-order valence-corrected chi connectivity index (χ2v) is 6.20. The SMILES string of the molecule is NC1(CNS(=O)(=O)c2ccc([N+](=O)[O-])cc2)CC1. The third kappa shape index (κ3) is 2.84. The molecule has 1 fully saturated rings. The first-order chi connectivity index (χ1) is 8.32. The number of rotatable bonds is 5. The number of hydrogen-bond acceptors (Lipinski definition) is 5. The third-order valence-electron chi connectivity index (χ3n) is 2.86. The Kier molecular flexibility index (Phi) is 3.09. The topological polar surface area (TPSA) is 115 Å². The predicted molar refractivity (Wildman–Crippen MR) is 64.4 cm³/mol. The van der Waals surface area contributed by atoms with Gasteiger partial charge < -0.3 is 5.73 Å². The summed E-state index contributed by atoms with van der Waals surface area (Å²) in [6.07, 6.45) is 1.60. The monoisotopic (exact) mass is 271 g/mol. The zero-order valence-electron chi connectivity index (χ0n) is 9.50. The molecule has 0 aromatic heterocycles. The van der Waals surface area contributed by atoms with Crippen molar-refractivity contribution in [3.63, 3.8) is 0 Å². The van der Waals surface area contributed by atoms with Crippen LogP contribution < -0.4 is 10.5 Å². The number of nitro groups is 1. The molecular formula is C10H13N3O4S. The van der Waals surface area contributed by atoms with Crippen molar-refractivity contribution in [1.82, 2.24) is 4.72 Å². The number of nitrogens with zero attached hydrogens (tertiary/aromatic N) is 1. The molecule has 0 aliphatic heterocycles. The summed E-state index contributed by atoms with van der Waals surface area (Å²) in [5, 5.41) is 10.5. The van der Waals surface area contributed by atoms with Gasteiger partial charge in [-0.15, -0.1) is 0 Å². The van der Waals surface area contributed by atoms with Crippen molar-refractivity contribution in [2.24, 2.45) is 5.73 Å². The second kappa shape index (κ2) is 4.30. The highest BCUT2D eigenvalue weighted by Gasteiger charge is 2.39. The second-order valence-electron chi connectivity index (χ2n) is 4.44. The molecule has 2 rings (SSSR count). The van der Waals surface area contributed by atoms with Gasteiger partial charge in [-0.1, -0.05) is 0 Å². The van der Waals surface area contributed by atoms with E-state index in [-0.39, 0.29) is 17.1 Å². The zero-order valence-corrected chi connectivity index (χ0v) is 10.3. The lowest BCUT2D eigenvalue weighted by Crippen LogP contribution is -2.38. The lowest BCUT2D eigenvalue weighted by atomic mass is 10.3. The van der Waals surface area contributed by atoms with Crippen LogP contribution in [0.2, 0.25) is 0 Å². The van der Waals surface area contributed by atoms with E-state index in [0.717, 1.165) is 25.0 Å². The molecule has 0 unspecified atom stereocenters. The van der Waals surface area contributed by atoms with E-state index in [2.05, 4.69) is 4.72 Å². The Morgan fingerprint density at radius 1 is 1.33 bits per heavy atom. The minimum absolute atomic E-state index is 0.00245. The normalized spacial score (nSPS) is 17.4. The van der Waals surface area contributed by atoms with Gasteiger partial charge in [-0.25, -0.2) is 13.1 Å². The van der Waals surface area contributed by atoms with Gasteiger partial charge in [0.25, 0.3) is 5.69 Å². The molecule has 1 aliphatic rings. The highest BCUT2D eigenvalue weighted by Crippen LogP contribution is 2.31. The Balaban J connectivity index is 2.11. The van der Waals surface area contributed by atoms with E-state index in [1.807, 2.05) is 0 Å². The van der Waals surface area contributed by atoms with Crippen LogP contribution in [0.3, 0.4) is 0 Å². The van der Waals surface area contributed by atoms with Crippen molar-refractivity contribution < 1.29 is 13.3 Å². The van der Waals surface area contributed by atoms with Gasteiger partial charge in [0.15, 0.2) is 0 Å². The number of benzene rings is 1. The summed E-state index contributed by atoms with van der Waals surface area (Å²) >= 11 is 0. The highest BCUT2D eigenvalue weighted by molar-refractivity contribution is 7.89. The zero-order chi connectivity index (χ0) is 13.4. The largest absolute Gasteiger partial charge is 0.324 e. The Hall–Kier alpha value is -1.51. The van der Waals surface area contributed by atoms with E-state index in [9.17, 15) is 18.5 Å². The standard InChI is InChI=1S/C10H13N3O4S/c11-10(5-6-10)7-12-18(16,17)9-3-1-8(2-4-9)13(14)15/h1-4,12H,5-7,11H2. The van der Waals surface area contributed by atoms with Crippen LogP contribution in [-0.2, 0) is 10.0 Å². The minimum Gasteiger partial charge on any atom is -0.324 e. The van der Waals surface area contributed by atoms with Crippen LogP contribution in [0.4, 0.5) is 5.69 Å². The van der Waals surface area contributed by atoms with Gasteiger partial charge in [-0.2, -0.15) is 0 Å². The van der Waals surface area contributed by atoms with Gasteiger partial charge in [0.05, 0.1) is 9.82 Å². The lowest BCUT2D eigenvalue weighted by molar-refractivity contribution is -0.384. The number of nitrogens with one attached hydrogen (secondary N) is 1. The maximum Gasteiger partial charge on any atom is 0.269 e. The fourth-order valence-corrected chi connectivity index (χ4v) is 2.54. The first-order valence-electron chi connectivity index (χ1n) is 5.35. The van der Waals surface area contributed by atoms with Gasteiger partial charge in [0, 0.05) is 24.2 Å². The summed E-state index contributed by atoms with van der Waals surface area (Å²) in [7, 11) is -3.65. The van der Waals surface area contributed by atoms with Crippen LogP contribution in [0.15, 0.2) is 29.2 Å². The molecule has 0 bridgehead atoms. The van der Waals surface area contributed by atoms with Gasteiger partial charge in [0.2, 0.25) is 10.0 Å². The van der Waals surface area contributed by atoms with Crippen LogP contribution in [0.1, 0.15) is 12.8 Å². The quantitative estimate of drug-likeness (QED) is 0.592. The molecule has 98 valence electrons. The predicted octanol–water partition coefficient (Wildman–Crippen LogP) is 0.364. The number of hydrogen-bond donors (Lipinski definition) is 2. The van der Waals surface area contributed by atoms with E-state index in [0.29, 0.717) is 0 Å². The fraction of sp³-hybridized carbons (Fsp3) is 0.400. The van der Waals surface area contributed by atoms with Crippen LogP contribution in [0, 0.1) is 10.1 Å². The molecule has 7 nitrogen and oxygen atoms in total. The minimum atomic E-state index is -3.65. The van der Waals surface area contributed by atoms with E-state index < -0.39 is 20.5 Å². The van der Waals surface area contributed by atoms with E-state index >= 15 is 0 Å². The maximum atomic E-state index is 11.9. The number of nitro benzene ring substituents is 1. The van der Waals surface area contributed by atoms with Gasteiger partial charge in [-0.05, 0) is 25.0 Å².